The number of phenolic OH excluding ortho intramolecular Hbond substituents is 1. The quantitative estimate of drug-likeness (QED) is 0.572. The molecule has 1 heterocycles. The van der Waals surface area contributed by atoms with Crippen molar-refractivity contribution in [3.8, 4) is 17.2 Å². The molecule has 1 fully saturated rings. The fourth-order valence-corrected chi connectivity index (χ4v) is 3.58. The molecule has 0 radical (unpaired) electrons. The smallest absolute Gasteiger partial charge is 0.285 e. The predicted molar refractivity (Wildman–Crippen MR) is 110 cm³/mol. The monoisotopic (exact) mass is 416 g/mol. The van der Waals surface area contributed by atoms with Crippen molar-refractivity contribution in [3.05, 3.63) is 58.5 Å². The van der Waals surface area contributed by atoms with Crippen molar-refractivity contribution in [1.29, 1.82) is 0 Å². The lowest BCUT2D eigenvalue weighted by Gasteiger charge is -2.16. The van der Waals surface area contributed by atoms with E-state index in [4.69, 9.17) is 21.7 Å². The highest BCUT2D eigenvalue weighted by molar-refractivity contribution is 8.26. The molecule has 9 heteroatoms. The van der Waals surface area contributed by atoms with Crippen molar-refractivity contribution in [2.45, 2.75) is 0 Å². The molecule has 144 valence electrons. The Kier molecular flexibility index (Phi) is 5.86. The summed E-state index contributed by atoms with van der Waals surface area (Å²) in [7, 11) is 2.95. The molecule has 7 nitrogen and oxygen atoms in total. The van der Waals surface area contributed by atoms with Crippen LogP contribution in [0.3, 0.4) is 0 Å². The number of nitrogens with zero attached hydrogens (tertiary/aromatic N) is 1. The lowest BCUT2D eigenvalue weighted by molar-refractivity contribution is -0.123. The van der Waals surface area contributed by atoms with Gasteiger partial charge in [-0.25, -0.2) is 0 Å². The number of carbonyl (C=O) groups excluding carboxylic acids is 2. The van der Waals surface area contributed by atoms with Crippen LogP contribution in [0.15, 0.2) is 47.4 Å². The van der Waals surface area contributed by atoms with Crippen molar-refractivity contribution in [2.75, 3.05) is 14.2 Å². The van der Waals surface area contributed by atoms with Gasteiger partial charge in [-0.1, -0.05) is 23.9 Å². The van der Waals surface area contributed by atoms with Crippen LogP contribution in [0.4, 0.5) is 0 Å². The molecule has 2 aromatic carbocycles. The van der Waals surface area contributed by atoms with Gasteiger partial charge < -0.3 is 14.6 Å². The summed E-state index contributed by atoms with van der Waals surface area (Å²) in [4.78, 5) is 25.5. The van der Waals surface area contributed by atoms with Gasteiger partial charge in [0.15, 0.2) is 15.8 Å². The number of methoxy groups -OCH3 is 2. The molecular weight excluding hydrogens is 400 g/mol. The average molecular weight is 416 g/mol. The first-order chi connectivity index (χ1) is 13.4. The average Bonchev–Trinajstić information content (AvgIpc) is 2.96. The Morgan fingerprint density at radius 3 is 2.54 bits per heavy atom. The summed E-state index contributed by atoms with van der Waals surface area (Å²) >= 11 is 6.31. The van der Waals surface area contributed by atoms with Crippen LogP contribution < -0.4 is 14.9 Å². The highest BCUT2D eigenvalue weighted by Crippen LogP contribution is 2.32. The van der Waals surface area contributed by atoms with Gasteiger partial charge in [-0.2, -0.15) is 5.01 Å². The fourth-order valence-electron chi connectivity index (χ4n) is 2.40. The molecule has 2 amide bonds. The van der Waals surface area contributed by atoms with Gasteiger partial charge in [0.2, 0.25) is 0 Å². The van der Waals surface area contributed by atoms with Crippen LogP contribution in [-0.4, -0.2) is 40.5 Å². The van der Waals surface area contributed by atoms with Crippen molar-refractivity contribution in [3.63, 3.8) is 0 Å². The summed E-state index contributed by atoms with van der Waals surface area (Å²) in [6, 6.07) is 11.3. The van der Waals surface area contributed by atoms with Crippen LogP contribution in [0.25, 0.3) is 6.08 Å². The molecular formula is C19H16N2O5S2. The molecule has 1 saturated heterocycles. The summed E-state index contributed by atoms with van der Waals surface area (Å²) in [6.07, 6.45) is 1.69. The third-order valence-corrected chi connectivity index (χ3v) is 5.16. The van der Waals surface area contributed by atoms with E-state index in [1.54, 1.807) is 25.3 Å². The summed E-state index contributed by atoms with van der Waals surface area (Å²) in [6.45, 7) is 0. The van der Waals surface area contributed by atoms with Gasteiger partial charge in [0.05, 0.1) is 19.1 Å². The van der Waals surface area contributed by atoms with Crippen molar-refractivity contribution in [1.82, 2.24) is 10.4 Å². The first-order valence-electron chi connectivity index (χ1n) is 8.03. The van der Waals surface area contributed by atoms with Crippen molar-refractivity contribution < 1.29 is 24.2 Å². The maximum absolute atomic E-state index is 12.6. The zero-order valence-corrected chi connectivity index (χ0v) is 16.6. The molecule has 28 heavy (non-hydrogen) atoms. The minimum atomic E-state index is -0.555. The number of ether oxygens (including phenoxy) is 2. The summed E-state index contributed by atoms with van der Waals surface area (Å²) < 4.78 is 10.3. The Hall–Kier alpha value is -3.04. The first kappa shape index (κ1) is 19.7. The topological polar surface area (TPSA) is 88.1 Å². The van der Waals surface area contributed by atoms with Crippen LogP contribution in [0.5, 0.6) is 17.2 Å². The van der Waals surface area contributed by atoms with Crippen LogP contribution in [0, 0.1) is 0 Å². The second kappa shape index (κ2) is 8.32. The molecule has 0 saturated carbocycles. The van der Waals surface area contributed by atoms with Gasteiger partial charge in [0.1, 0.15) is 5.75 Å². The Labute approximate surface area is 170 Å². The van der Waals surface area contributed by atoms with Crippen LogP contribution in [0.2, 0.25) is 0 Å². The number of carbonyl (C=O) groups is 2. The minimum absolute atomic E-state index is 0.0907. The lowest BCUT2D eigenvalue weighted by Crippen LogP contribution is -2.44. The molecule has 0 spiro atoms. The molecule has 1 aliphatic heterocycles. The number of hydrogen-bond donors (Lipinski definition) is 2. The Bertz CT molecular complexity index is 973. The molecule has 0 aromatic heterocycles. The second-order valence-corrected chi connectivity index (χ2v) is 7.29. The number of aromatic hydroxyl groups is 1. The molecule has 0 aliphatic carbocycles. The largest absolute Gasteiger partial charge is 0.504 e. The number of hydrazine groups is 1. The maximum Gasteiger partial charge on any atom is 0.285 e. The van der Waals surface area contributed by atoms with E-state index in [0.29, 0.717) is 10.7 Å². The van der Waals surface area contributed by atoms with E-state index >= 15 is 0 Å². The second-order valence-electron chi connectivity index (χ2n) is 5.62. The van der Waals surface area contributed by atoms with Crippen molar-refractivity contribution >= 4 is 46.2 Å². The van der Waals surface area contributed by atoms with E-state index in [2.05, 4.69) is 5.43 Å². The van der Waals surface area contributed by atoms with Gasteiger partial charge in [0, 0.05) is 5.56 Å². The number of phenols is 1. The Morgan fingerprint density at radius 1 is 1.18 bits per heavy atom. The van der Waals surface area contributed by atoms with Crippen molar-refractivity contribution in [2.24, 2.45) is 0 Å². The van der Waals surface area contributed by atoms with E-state index in [0.717, 1.165) is 22.3 Å². The zero-order chi connectivity index (χ0) is 20.3. The standard InChI is InChI=1S/C19H16N2O5S2/c1-25-13-6-3-11(4-7-13)9-16-18(24)21(19(27)28-16)20-17(23)12-5-8-14(22)15(10-12)26-2/h3-10,22H,1-2H3,(H,20,23)/b16-9-. The number of nitrogens with one attached hydrogen (secondary N) is 1. The highest BCUT2D eigenvalue weighted by atomic mass is 32.2. The number of amides is 2. The summed E-state index contributed by atoms with van der Waals surface area (Å²) in [5.41, 5.74) is 3.50. The number of benzene rings is 2. The fraction of sp³-hybridized carbons (Fsp3) is 0.105. The molecule has 3 rings (SSSR count). The van der Waals surface area contributed by atoms with Gasteiger partial charge in [-0.05, 0) is 54.2 Å². The zero-order valence-electron chi connectivity index (χ0n) is 15.0. The van der Waals surface area contributed by atoms with E-state index in [1.165, 1.54) is 25.3 Å². The third kappa shape index (κ3) is 4.10. The SMILES string of the molecule is COc1ccc(/C=C2\SC(=S)N(NC(=O)c3ccc(O)c(OC)c3)C2=O)cc1. The predicted octanol–water partition coefficient (Wildman–Crippen LogP) is 2.96. The van der Waals surface area contributed by atoms with E-state index < -0.39 is 11.8 Å². The van der Waals surface area contributed by atoms with E-state index in [1.807, 2.05) is 12.1 Å². The van der Waals surface area contributed by atoms with E-state index in [-0.39, 0.29) is 21.4 Å². The molecule has 2 aromatic rings. The molecule has 0 atom stereocenters. The number of thioether (sulfide) groups is 1. The number of thiocarbonyl (C=S) groups is 1. The van der Waals surface area contributed by atoms with Crippen LogP contribution in [-0.2, 0) is 4.79 Å². The van der Waals surface area contributed by atoms with Gasteiger partial charge >= 0.3 is 0 Å². The van der Waals surface area contributed by atoms with E-state index in [9.17, 15) is 14.7 Å². The normalized spacial score (nSPS) is 15.1. The Morgan fingerprint density at radius 2 is 1.89 bits per heavy atom. The number of hydrogen-bond acceptors (Lipinski definition) is 7. The van der Waals surface area contributed by atoms with Gasteiger partial charge in [-0.15, -0.1) is 0 Å². The highest BCUT2D eigenvalue weighted by Gasteiger charge is 2.33. The van der Waals surface area contributed by atoms with Crippen LogP contribution >= 0.6 is 24.0 Å². The summed E-state index contributed by atoms with van der Waals surface area (Å²) in [5, 5.41) is 10.7. The van der Waals surface area contributed by atoms with Crippen LogP contribution in [0.1, 0.15) is 15.9 Å². The molecule has 2 N–H and O–H groups in total. The minimum Gasteiger partial charge on any atom is -0.504 e. The van der Waals surface area contributed by atoms with Gasteiger partial charge in [0.25, 0.3) is 11.8 Å². The third-order valence-electron chi connectivity index (χ3n) is 3.86. The first-order valence-corrected chi connectivity index (χ1v) is 9.25. The maximum atomic E-state index is 12.6. The lowest BCUT2D eigenvalue weighted by atomic mass is 10.2. The molecule has 1 aliphatic rings. The Balaban J connectivity index is 1.76. The van der Waals surface area contributed by atoms with Gasteiger partial charge in [-0.3, -0.25) is 15.0 Å². The molecule has 0 bridgehead atoms. The number of rotatable bonds is 5. The summed E-state index contributed by atoms with van der Waals surface area (Å²) in [5.74, 6) is -0.212. The molecule has 0 unspecified atom stereocenters.